The van der Waals surface area contributed by atoms with Crippen molar-refractivity contribution in [1.29, 1.82) is 0 Å². The van der Waals surface area contributed by atoms with Crippen LogP contribution in [-0.4, -0.2) is 47.8 Å². The summed E-state index contributed by atoms with van der Waals surface area (Å²) in [5.74, 6) is 2.55. The monoisotopic (exact) mass is 398 g/mol. The van der Waals surface area contributed by atoms with Crippen molar-refractivity contribution in [3.05, 3.63) is 35.6 Å². The van der Waals surface area contributed by atoms with Crippen LogP contribution in [0.5, 0.6) is 0 Å². The minimum atomic E-state index is -0.258. The smallest absolute Gasteiger partial charge is 0.228 e. The summed E-state index contributed by atoms with van der Waals surface area (Å²) < 4.78 is 13.3. The van der Waals surface area contributed by atoms with Gasteiger partial charge in [0.1, 0.15) is 5.82 Å². The number of carbonyl (C=O) groups is 2. The second kappa shape index (κ2) is 7.41. The summed E-state index contributed by atoms with van der Waals surface area (Å²) in [4.78, 5) is 30.0. The third kappa shape index (κ3) is 3.69. The number of nitrogens with zero attached hydrogens (tertiary/aromatic N) is 2. The van der Waals surface area contributed by atoms with E-state index in [9.17, 15) is 14.0 Å². The van der Waals surface area contributed by atoms with E-state index in [0.717, 1.165) is 42.6 Å². The normalized spacial score (nSPS) is 33.2. The zero-order chi connectivity index (χ0) is 20.0. The molecule has 1 aromatic carbocycles. The van der Waals surface area contributed by atoms with Gasteiger partial charge in [-0.1, -0.05) is 12.1 Å². The SMILES string of the molecule is O=C(CCc1cccc(F)c1)N1CCN(C(=O)C23CC4CC(CC(C4)C2)C3)CC1. The van der Waals surface area contributed by atoms with Crippen molar-refractivity contribution in [3.8, 4) is 0 Å². The van der Waals surface area contributed by atoms with Crippen LogP contribution in [-0.2, 0) is 16.0 Å². The van der Waals surface area contributed by atoms with Gasteiger partial charge in [-0.05, 0) is 80.4 Å². The van der Waals surface area contributed by atoms with E-state index in [1.165, 1.54) is 31.4 Å². The average molecular weight is 399 g/mol. The summed E-state index contributed by atoms with van der Waals surface area (Å²) in [6.45, 7) is 2.57. The van der Waals surface area contributed by atoms with Crippen molar-refractivity contribution in [2.24, 2.45) is 23.2 Å². The molecule has 5 heteroatoms. The van der Waals surface area contributed by atoms with E-state index in [1.807, 2.05) is 15.9 Å². The minimum absolute atomic E-state index is 0.0850. The summed E-state index contributed by atoms with van der Waals surface area (Å²) in [6, 6.07) is 6.46. The lowest BCUT2D eigenvalue weighted by Gasteiger charge is -2.57. The number of carbonyl (C=O) groups excluding carboxylic acids is 2. The number of halogens is 1. The predicted molar refractivity (Wildman–Crippen MR) is 108 cm³/mol. The molecule has 4 nitrogen and oxygen atoms in total. The lowest BCUT2D eigenvalue weighted by molar-refractivity contribution is -0.160. The number of benzene rings is 1. The van der Waals surface area contributed by atoms with Gasteiger partial charge in [-0.3, -0.25) is 9.59 Å². The molecule has 4 bridgehead atoms. The molecular formula is C24H31FN2O2. The van der Waals surface area contributed by atoms with Gasteiger partial charge >= 0.3 is 0 Å². The molecule has 5 fully saturated rings. The lowest BCUT2D eigenvalue weighted by atomic mass is 9.49. The summed E-state index contributed by atoms with van der Waals surface area (Å²) in [5, 5.41) is 0. The summed E-state index contributed by atoms with van der Waals surface area (Å²) >= 11 is 0. The number of aryl methyl sites for hydroxylation is 1. The van der Waals surface area contributed by atoms with Crippen molar-refractivity contribution < 1.29 is 14.0 Å². The Labute approximate surface area is 172 Å². The van der Waals surface area contributed by atoms with E-state index < -0.39 is 0 Å². The van der Waals surface area contributed by atoms with Gasteiger partial charge in [0.2, 0.25) is 11.8 Å². The highest BCUT2D eigenvalue weighted by Crippen LogP contribution is 2.60. The molecule has 4 saturated carbocycles. The quantitative estimate of drug-likeness (QED) is 0.777. The fraction of sp³-hybridized carbons (Fsp3) is 0.667. The zero-order valence-electron chi connectivity index (χ0n) is 17.1. The Morgan fingerprint density at radius 2 is 1.52 bits per heavy atom. The molecule has 0 radical (unpaired) electrons. The first-order valence-corrected chi connectivity index (χ1v) is 11.3. The maximum absolute atomic E-state index is 13.5. The van der Waals surface area contributed by atoms with Gasteiger partial charge in [0, 0.05) is 32.6 Å². The number of hydrogen-bond acceptors (Lipinski definition) is 2. The van der Waals surface area contributed by atoms with Gasteiger partial charge in [-0.2, -0.15) is 0 Å². The summed E-state index contributed by atoms with van der Waals surface area (Å²) in [5.41, 5.74) is 0.771. The Morgan fingerprint density at radius 3 is 2.10 bits per heavy atom. The van der Waals surface area contributed by atoms with E-state index in [1.54, 1.807) is 6.07 Å². The van der Waals surface area contributed by atoms with Crippen LogP contribution in [0.1, 0.15) is 50.5 Å². The topological polar surface area (TPSA) is 40.6 Å². The van der Waals surface area contributed by atoms with Crippen molar-refractivity contribution in [3.63, 3.8) is 0 Å². The molecule has 6 rings (SSSR count). The van der Waals surface area contributed by atoms with Crippen molar-refractivity contribution in [2.45, 2.75) is 51.4 Å². The molecule has 1 aromatic rings. The largest absolute Gasteiger partial charge is 0.339 e. The van der Waals surface area contributed by atoms with Gasteiger partial charge < -0.3 is 9.80 Å². The molecule has 0 N–H and O–H groups in total. The van der Waals surface area contributed by atoms with Crippen molar-refractivity contribution in [1.82, 2.24) is 9.80 Å². The highest BCUT2D eigenvalue weighted by molar-refractivity contribution is 5.84. The van der Waals surface area contributed by atoms with Crippen LogP contribution >= 0.6 is 0 Å². The lowest BCUT2D eigenvalue weighted by Crippen LogP contribution is -2.58. The third-order valence-corrected chi connectivity index (χ3v) is 7.93. The number of amides is 2. The van der Waals surface area contributed by atoms with Gasteiger partial charge in [0.15, 0.2) is 0 Å². The van der Waals surface area contributed by atoms with Crippen LogP contribution in [0.2, 0.25) is 0 Å². The second-order valence-electron chi connectivity index (χ2n) is 10.0. The molecule has 1 heterocycles. The summed E-state index contributed by atoms with van der Waals surface area (Å²) in [6.07, 6.45) is 8.30. The Hall–Kier alpha value is -1.91. The van der Waals surface area contributed by atoms with E-state index >= 15 is 0 Å². The first-order chi connectivity index (χ1) is 14.0. The Balaban J connectivity index is 1.14. The first kappa shape index (κ1) is 19.1. The fourth-order valence-electron chi connectivity index (χ4n) is 6.97. The molecule has 29 heavy (non-hydrogen) atoms. The van der Waals surface area contributed by atoms with Crippen LogP contribution in [0.3, 0.4) is 0 Å². The highest BCUT2D eigenvalue weighted by atomic mass is 19.1. The van der Waals surface area contributed by atoms with E-state index in [-0.39, 0.29) is 17.1 Å². The fourth-order valence-corrected chi connectivity index (χ4v) is 6.97. The van der Waals surface area contributed by atoms with Crippen LogP contribution in [0.25, 0.3) is 0 Å². The predicted octanol–water partition coefficient (Wildman–Crippen LogP) is 3.65. The third-order valence-electron chi connectivity index (χ3n) is 7.93. The number of hydrogen-bond donors (Lipinski definition) is 0. The molecule has 4 aliphatic carbocycles. The van der Waals surface area contributed by atoms with Crippen molar-refractivity contribution in [2.75, 3.05) is 26.2 Å². The van der Waals surface area contributed by atoms with Crippen molar-refractivity contribution >= 4 is 11.8 Å². The minimum Gasteiger partial charge on any atom is -0.339 e. The second-order valence-corrected chi connectivity index (χ2v) is 10.0. The number of piperazine rings is 1. The Kier molecular flexibility index (Phi) is 4.87. The molecule has 5 aliphatic rings. The highest BCUT2D eigenvalue weighted by Gasteiger charge is 2.55. The van der Waals surface area contributed by atoms with E-state index in [0.29, 0.717) is 44.9 Å². The maximum atomic E-state index is 13.5. The Bertz CT molecular complexity index is 765. The molecule has 0 unspecified atom stereocenters. The van der Waals surface area contributed by atoms with Crippen LogP contribution in [0.15, 0.2) is 24.3 Å². The maximum Gasteiger partial charge on any atom is 0.228 e. The average Bonchev–Trinajstić information content (AvgIpc) is 2.71. The van der Waals surface area contributed by atoms with E-state index in [4.69, 9.17) is 0 Å². The van der Waals surface area contributed by atoms with Crippen LogP contribution < -0.4 is 0 Å². The molecule has 1 saturated heterocycles. The molecule has 2 amide bonds. The Morgan fingerprint density at radius 1 is 0.931 bits per heavy atom. The molecule has 1 aliphatic heterocycles. The molecular weight excluding hydrogens is 367 g/mol. The van der Waals surface area contributed by atoms with E-state index in [2.05, 4.69) is 0 Å². The van der Waals surface area contributed by atoms with Gasteiger partial charge in [-0.15, -0.1) is 0 Å². The zero-order valence-corrected chi connectivity index (χ0v) is 17.1. The van der Waals surface area contributed by atoms with Gasteiger partial charge in [0.25, 0.3) is 0 Å². The van der Waals surface area contributed by atoms with Gasteiger partial charge in [-0.25, -0.2) is 4.39 Å². The van der Waals surface area contributed by atoms with Gasteiger partial charge in [0.05, 0.1) is 5.41 Å². The summed E-state index contributed by atoms with van der Waals surface area (Å²) in [7, 11) is 0. The molecule has 0 atom stereocenters. The number of rotatable bonds is 4. The molecule has 156 valence electrons. The van der Waals surface area contributed by atoms with Crippen LogP contribution in [0.4, 0.5) is 4.39 Å². The molecule has 0 aromatic heterocycles. The standard InChI is InChI=1S/C24H31FN2O2/c25-21-3-1-2-17(13-21)4-5-22(28)26-6-8-27(9-7-26)23(29)24-14-18-10-19(15-24)12-20(11-18)16-24/h1-3,13,18-20H,4-12,14-16H2. The van der Waals surface area contributed by atoms with Crippen LogP contribution in [0, 0.1) is 29.0 Å². The molecule has 0 spiro atoms. The first-order valence-electron chi connectivity index (χ1n) is 11.3.